The van der Waals surface area contributed by atoms with Crippen molar-refractivity contribution in [1.82, 2.24) is 10.6 Å². The van der Waals surface area contributed by atoms with Crippen LogP contribution in [0.4, 0.5) is 0 Å². The first-order valence-electron chi connectivity index (χ1n) is 5.95. The van der Waals surface area contributed by atoms with Crippen molar-refractivity contribution >= 4 is 5.96 Å². The molecule has 0 amide bonds. The van der Waals surface area contributed by atoms with Gasteiger partial charge in [0.25, 0.3) is 0 Å². The van der Waals surface area contributed by atoms with E-state index in [1.165, 1.54) is 12.8 Å². The molecule has 88 valence electrons. The second-order valence-corrected chi connectivity index (χ2v) is 4.01. The molecule has 1 aliphatic carbocycles. The highest BCUT2D eigenvalue weighted by Crippen LogP contribution is 2.18. The van der Waals surface area contributed by atoms with Crippen molar-refractivity contribution in [1.29, 1.82) is 0 Å². The summed E-state index contributed by atoms with van der Waals surface area (Å²) in [5, 5.41) is 6.62. The van der Waals surface area contributed by atoms with E-state index in [-0.39, 0.29) is 0 Å². The van der Waals surface area contributed by atoms with E-state index >= 15 is 0 Å². The largest absolute Gasteiger partial charge is 0.469 e. The first-order chi connectivity index (χ1) is 7.88. The molecule has 0 spiro atoms. The lowest BCUT2D eigenvalue weighted by Crippen LogP contribution is -2.38. The molecule has 16 heavy (non-hydrogen) atoms. The van der Waals surface area contributed by atoms with Crippen molar-refractivity contribution in [3.05, 3.63) is 24.2 Å². The van der Waals surface area contributed by atoms with Gasteiger partial charge in [0.05, 0.1) is 6.26 Å². The minimum absolute atomic E-state index is 0.640. The summed E-state index contributed by atoms with van der Waals surface area (Å²) in [4.78, 5) is 4.50. The van der Waals surface area contributed by atoms with Gasteiger partial charge in [-0.1, -0.05) is 0 Å². The van der Waals surface area contributed by atoms with Crippen molar-refractivity contribution < 1.29 is 4.42 Å². The SMILES string of the molecule is CCNC(=NCCc1ccco1)NC1CC1. The van der Waals surface area contributed by atoms with E-state index in [0.29, 0.717) is 6.04 Å². The average molecular weight is 221 g/mol. The van der Waals surface area contributed by atoms with Gasteiger partial charge in [-0.15, -0.1) is 0 Å². The quantitative estimate of drug-likeness (QED) is 0.585. The van der Waals surface area contributed by atoms with Crippen LogP contribution in [0.3, 0.4) is 0 Å². The van der Waals surface area contributed by atoms with Gasteiger partial charge in [-0.25, -0.2) is 0 Å². The Morgan fingerprint density at radius 2 is 2.44 bits per heavy atom. The van der Waals surface area contributed by atoms with Gasteiger partial charge in [0.15, 0.2) is 5.96 Å². The second kappa shape index (κ2) is 5.58. The summed E-state index contributed by atoms with van der Waals surface area (Å²) in [6.07, 6.45) is 5.09. The fourth-order valence-electron chi connectivity index (χ4n) is 1.47. The van der Waals surface area contributed by atoms with Crippen molar-refractivity contribution in [2.24, 2.45) is 4.99 Å². The zero-order valence-electron chi connectivity index (χ0n) is 9.70. The molecule has 0 bridgehead atoms. The molecule has 0 saturated heterocycles. The molecule has 0 aromatic carbocycles. The van der Waals surface area contributed by atoms with Crippen molar-refractivity contribution in [3.8, 4) is 0 Å². The third-order valence-electron chi connectivity index (χ3n) is 2.47. The van der Waals surface area contributed by atoms with Gasteiger partial charge >= 0.3 is 0 Å². The van der Waals surface area contributed by atoms with E-state index < -0.39 is 0 Å². The summed E-state index contributed by atoms with van der Waals surface area (Å²) in [6.45, 7) is 3.74. The van der Waals surface area contributed by atoms with Crippen molar-refractivity contribution in [2.75, 3.05) is 13.1 Å². The van der Waals surface area contributed by atoms with Crippen LogP contribution in [0.2, 0.25) is 0 Å². The smallest absolute Gasteiger partial charge is 0.191 e. The number of furan rings is 1. The third-order valence-corrected chi connectivity index (χ3v) is 2.47. The molecule has 1 saturated carbocycles. The molecule has 4 heteroatoms. The predicted molar refractivity (Wildman–Crippen MR) is 64.5 cm³/mol. The van der Waals surface area contributed by atoms with Gasteiger partial charge in [0.2, 0.25) is 0 Å². The molecular formula is C12H19N3O. The van der Waals surface area contributed by atoms with E-state index in [1.54, 1.807) is 6.26 Å². The Hall–Kier alpha value is -1.45. The zero-order chi connectivity index (χ0) is 11.2. The first kappa shape index (κ1) is 11.0. The summed E-state index contributed by atoms with van der Waals surface area (Å²) < 4.78 is 5.26. The molecule has 0 aliphatic heterocycles. The fraction of sp³-hybridized carbons (Fsp3) is 0.583. The van der Waals surface area contributed by atoms with Crippen LogP contribution >= 0.6 is 0 Å². The normalized spacial score (nSPS) is 16.2. The number of guanidine groups is 1. The van der Waals surface area contributed by atoms with Crippen LogP contribution in [0.25, 0.3) is 0 Å². The topological polar surface area (TPSA) is 49.6 Å². The summed E-state index contributed by atoms with van der Waals surface area (Å²) in [5.74, 6) is 1.92. The Morgan fingerprint density at radius 1 is 1.56 bits per heavy atom. The van der Waals surface area contributed by atoms with Crippen LogP contribution in [-0.4, -0.2) is 25.1 Å². The summed E-state index contributed by atoms with van der Waals surface area (Å²) in [5.41, 5.74) is 0. The lowest BCUT2D eigenvalue weighted by molar-refractivity contribution is 0.510. The van der Waals surface area contributed by atoms with Gasteiger partial charge in [-0.2, -0.15) is 0 Å². The molecule has 0 radical (unpaired) electrons. The molecule has 1 aromatic rings. The van der Waals surface area contributed by atoms with Gasteiger partial charge in [-0.05, 0) is 31.9 Å². The molecule has 2 rings (SSSR count). The van der Waals surface area contributed by atoms with E-state index in [1.807, 2.05) is 12.1 Å². The van der Waals surface area contributed by atoms with Crippen molar-refractivity contribution in [2.45, 2.75) is 32.2 Å². The van der Waals surface area contributed by atoms with E-state index in [0.717, 1.165) is 31.2 Å². The van der Waals surface area contributed by atoms with Crippen LogP contribution < -0.4 is 10.6 Å². The molecule has 0 unspecified atom stereocenters. The maximum Gasteiger partial charge on any atom is 0.191 e. The van der Waals surface area contributed by atoms with E-state index in [2.05, 4.69) is 22.5 Å². The lowest BCUT2D eigenvalue weighted by atomic mass is 10.3. The molecule has 2 N–H and O–H groups in total. The number of rotatable bonds is 5. The average Bonchev–Trinajstić information content (AvgIpc) is 2.93. The molecule has 1 fully saturated rings. The van der Waals surface area contributed by atoms with Crippen LogP contribution in [-0.2, 0) is 6.42 Å². The van der Waals surface area contributed by atoms with Crippen molar-refractivity contribution in [3.63, 3.8) is 0 Å². The number of hydrogen-bond donors (Lipinski definition) is 2. The molecule has 1 heterocycles. The minimum atomic E-state index is 0.640. The molecule has 1 aromatic heterocycles. The standard InChI is InChI=1S/C12H19N3O/c1-2-13-12(15-10-5-6-10)14-8-7-11-4-3-9-16-11/h3-4,9-10H,2,5-8H2,1H3,(H2,13,14,15). The minimum Gasteiger partial charge on any atom is -0.469 e. The van der Waals surface area contributed by atoms with Crippen LogP contribution in [0, 0.1) is 0 Å². The molecular weight excluding hydrogens is 202 g/mol. The summed E-state index contributed by atoms with van der Waals surface area (Å²) in [7, 11) is 0. The Labute approximate surface area is 96.1 Å². The monoisotopic (exact) mass is 221 g/mol. The van der Waals surface area contributed by atoms with E-state index in [9.17, 15) is 0 Å². The number of nitrogens with zero attached hydrogens (tertiary/aromatic N) is 1. The summed E-state index contributed by atoms with van der Waals surface area (Å²) in [6, 6.07) is 4.53. The third kappa shape index (κ3) is 3.61. The van der Waals surface area contributed by atoms with Gasteiger partial charge in [0, 0.05) is 25.6 Å². The molecule has 4 nitrogen and oxygen atoms in total. The van der Waals surface area contributed by atoms with Gasteiger partial charge in [0.1, 0.15) is 5.76 Å². The van der Waals surface area contributed by atoms with Gasteiger partial charge < -0.3 is 15.1 Å². The Bertz CT molecular complexity index is 328. The highest BCUT2D eigenvalue weighted by molar-refractivity contribution is 5.80. The van der Waals surface area contributed by atoms with E-state index in [4.69, 9.17) is 4.42 Å². The highest BCUT2D eigenvalue weighted by Gasteiger charge is 2.21. The summed E-state index contributed by atoms with van der Waals surface area (Å²) >= 11 is 0. The number of nitrogens with one attached hydrogen (secondary N) is 2. The van der Waals surface area contributed by atoms with Crippen LogP contribution in [0.5, 0.6) is 0 Å². The molecule has 0 atom stereocenters. The number of hydrogen-bond acceptors (Lipinski definition) is 2. The number of aliphatic imine (C=N–C) groups is 1. The Morgan fingerprint density at radius 3 is 3.06 bits per heavy atom. The predicted octanol–water partition coefficient (Wildman–Crippen LogP) is 1.54. The Kier molecular flexibility index (Phi) is 3.86. The fourth-order valence-corrected chi connectivity index (χ4v) is 1.47. The maximum absolute atomic E-state index is 5.26. The second-order valence-electron chi connectivity index (χ2n) is 4.01. The molecule has 1 aliphatic rings. The van der Waals surface area contributed by atoms with Crippen LogP contribution in [0.1, 0.15) is 25.5 Å². The Balaban J connectivity index is 1.76. The highest BCUT2D eigenvalue weighted by atomic mass is 16.3. The van der Waals surface area contributed by atoms with Crippen LogP contribution in [0.15, 0.2) is 27.8 Å². The van der Waals surface area contributed by atoms with Gasteiger partial charge in [-0.3, -0.25) is 4.99 Å². The first-order valence-corrected chi connectivity index (χ1v) is 5.95. The zero-order valence-corrected chi connectivity index (χ0v) is 9.70. The lowest BCUT2D eigenvalue weighted by Gasteiger charge is -2.09. The maximum atomic E-state index is 5.26.